The normalized spacial score (nSPS) is 11.2. The standard InChI is InChI=1S/C21H23N5O6.C16H20N6O3.CH3F/c1-31-10-11-32-20-24-18(22)17-19(25-20)26(21(30)23-17)12-14-4-2-13(3-5-14)6-7-15(27)8-9-16(28)29;1-24-6-7-25-15-20-13(18)12-14(21-15)22(16(23)19-12)9-11-4-2-10(8-17)3-5-11;1-2/h2-5,8-9H,6-7,10-12H2,1H3,(H,23,30)(H,28,29)(H2,22,24,25);2-5H,6-9,17H2,1H3,(H,19,23)(H2,18,20,21);1H3/b9-8-;;/i;;1D. The number of fused-ring (bicyclic) bond motifs is 2. The molecule has 4 heterocycles. The number of aromatic nitrogens is 8. The zero-order valence-corrected chi connectivity index (χ0v) is 32.4. The quantitative estimate of drug-likeness (QED) is 0.0532. The fourth-order valence-corrected chi connectivity index (χ4v) is 5.39. The predicted octanol–water partition coefficient (Wildman–Crippen LogP) is 1.74. The molecule has 0 fully saturated rings. The van der Waals surface area contributed by atoms with Gasteiger partial charge in [-0.2, -0.15) is 19.9 Å². The maximum Gasteiger partial charge on any atom is 0.328 e. The highest BCUT2D eigenvalue weighted by atomic mass is 19.1. The Balaban J connectivity index is 0.000000255. The number of imidazole rings is 2. The van der Waals surface area contributed by atoms with Crippen molar-refractivity contribution in [1.29, 1.82) is 0 Å². The number of carbonyl (C=O) groups is 2. The number of carbonyl (C=O) groups excluding carboxylic acids is 1. The van der Waals surface area contributed by atoms with Gasteiger partial charge >= 0.3 is 29.4 Å². The highest BCUT2D eigenvalue weighted by molar-refractivity contribution is 5.95. The number of rotatable bonds is 18. The van der Waals surface area contributed by atoms with Crippen LogP contribution in [0.5, 0.6) is 12.0 Å². The average Bonchev–Trinajstić information content (AvgIpc) is 3.72. The summed E-state index contributed by atoms with van der Waals surface area (Å²) in [7, 11) is 2.12. The van der Waals surface area contributed by atoms with Gasteiger partial charge in [-0.1, -0.05) is 48.5 Å². The number of benzene rings is 2. The molecule has 0 saturated carbocycles. The smallest absolute Gasteiger partial charge is 0.328 e. The minimum atomic E-state index is -1.16. The molecule has 0 radical (unpaired) electrons. The van der Waals surface area contributed by atoms with Crippen molar-refractivity contribution in [2.45, 2.75) is 32.5 Å². The molecule has 20 nitrogen and oxygen atoms in total. The molecule has 4 aromatic heterocycles. The van der Waals surface area contributed by atoms with Crippen LogP contribution < -0.4 is 38.1 Å². The number of aliphatic carboxylic acids is 1. The highest BCUT2D eigenvalue weighted by Crippen LogP contribution is 2.20. The monoisotopic (exact) mass is 820 g/mol. The van der Waals surface area contributed by atoms with Gasteiger partial charge in [0.2, 0.25) is 0 Å². The number of nitrogens with one attached hydrogen (secondary N) is 2. The lowest BCUT2D eigenvalue weighted by molar-refractivity contribution is -0.131. The Morgan fingerprint density at radius 2 is 1.17 bits per heavy atom. The molecule has 0 unspecified atom stereocenters. The minimum Gasteiger partial charge on any atom is -0.478 e. The SMILES string of the molecule is COCCOc1nc(N)c2[nH]c(=O)n(Cc3ccc(CCC(=O)/C=C\C(=O)O)cc3)c2n1.COCCOc1nc(N)c2[nH]c(=O)n(Cc3ccc(CN)cc3)c2n1.[2H]CF. The van der Waals surface area contributed by atoms with Crippen molar-refractivity contribution in [3.05, 3.63) is 104 Å². The molecule has 6 rings (SSSR count). The van der Waals surface area contributed by atoms with Crippen molar-refractivity contribution >= 4 is 45.7 Å². The maximum atomic E-state index is 12.5. The molecule has 59 heavy (non-hydrogen) atoms. The molecule has 6 aromatic rings. The third kappa shape index (κ3) is 12.5. The fraction of sp³-hybridized carbons (Fsp3) is 0.316. The molecule has 0 aliphatic rings. The van der Waals surface area contributed by atoms with E-state index in [1.807, 2.05) is 48.5 Å². The van der Waals surface area contributed by atoms with Crippen molar-refractivity contribution in [2.75, 3.05) is 59.3 Å². The first-order valence-corrected chi connectivity index (χ1v) is 17.8. The number of methoxy groups -OCH3 is 2. The van der Waals surface area contributed by atoms with Crippen LogP contribution in [0.1, 0.15) is 30.0 Å². The number of nitrogen functional groups attached to an aromatic ring is 2. The molecule has 21 heteroatoms. The number of H-pyrrole nitrogens is 2. The van der Waals surface area contributed by atoms with E-state index in [1.165, 1.54) is 9.13 Å². The van der Waals surface area contributed by atoms with E-state index < -0.39 is 13.1 Å². The van der Waals surface area contributed by atoms with Crippen LogP contribution in [0, 0.1) is 0 Å². The highest BCUT2D eigenvalue weighted by Gasteiger charge is 2.17. The number of nitrogens with zero attached hydrogens (tertiary/aromatic N) is 6. The van der Waals surface area contributed by atoms with E-state index in [-0.39, 0.29) is 67.0 Å². The van der Waals surface area contributed by atoms with Gasteiger partial charge in [0.1, 0.15) is 24.2 Å². The van der Waals surface area contributed by atoms with Crippen LogP contribution in [0.25, 0.3) is 22.3 Å². The van der Waals surface area contributed by atoms with Gasteiger partial charge in [-0.25, -0.2) is 14.4 Å². The first-order valence-electron chi connectivity index (χ1n) is 18.5. The number of hydrogen-bond acceptors (Lipinski definition) is 15. The Morgan fingerprint density at radius 3 is 1.58 bits per heavy atom. The number of alkyl halides is 1. The van der Waals surface area contributed by atoms with E-state index in [0.29, 0.717) is 55.1 Å². The topological polar surface area (TPSA) is 296 Å². The number of nitrogens with two attached hydrogens (primary N) is 3. The Morgan fingerprint density at radius 1 is 0.746 bits per heavy atom. The molecule has 0 bridgehead atoms. The van der Waals surface area contributed by atoms with E-state index >= 15 is 0 Å². The van der Waals surface area contributed by atoms with Gasteiger partial charge in [-0.05, 0) is 34.8 Å². The molecular formula is C38H46FN11O9. The number of carboxylic acids is 1. The summed E-state index contributed by atoms with van der Waals surface area (Å²) in [5, 5.41) is 8.56. The van der Waals surface area contributed by atoms with Crippen LogP contribution in [-0.2, 0) is 45.1 Å². The molecule has 2 aromatic carbocycles. The molecule has 0 saturated heterocycles. The van der Waals surface area contributed by atoms with E-state index in [1.54, 1.807) is 14.2 Å². The van der Waals surface area contributed by atoms with E-state index in [2.05, 4.69) is 29.9 Å². The molecular weight excluding hydrogens is 773 g/mol. The Hall–Kier alpha value is -6.97. The largest absolute Gasteiger partial charge is 0.478 e. The number of carboxylic acid groups (broad SMARTS) is 1. The van der Waals surface area contributed by atoms with Gasteiger partial charge in [0.25, 0.3) is 0 Å². The van der Waals surface area contributed by atoms with Crippen molar-refractivity contribution in [1.82, 2.24) is 39.0 Å². The summed E-state index contributed by atoms with van der Waals surface area (Å²) in [4.78, 5) is 68.9. The van der Waals surface area contributed by atoms with Crippen molar-refractivity contribution in [2.24, 2.45) is 5.73 Å². The van der Waals surface area contributed by atoms with Crippen molar-refractivity contribution in [3.8, 4) is 12.0 Å². The number of anilines is 2. The Labute approximate surface area is 337 Å². The fourth-order valence-electron chi connectivity index (χ4n) is 5.39. The second-order valence-electron chi connectivity index (χ2n) is 12.4. The van der Waals surface area contributed by atoms with E-state index in [4.69, 9.17) is 42.6 Å². The van der Waals surface area contributed by atoms with Crippen LogP contribution in [0.15, 0.2) is 70.3 Å². The number of ketones is 1. The van der Waals surface area contributed by atoms with Gasteiger partial charge in [0, 0.05) is 33.3 Å². The number of ether oxygens (including phenoxy) is 4. The summed E-state index contributed by atoms with van der Waals surface area (Å²) in [6.07, 6.45) is 2.56. The van der Waals surface area contributed by atoms with Gasteiger partial charge in [-0.3, -0.25) is 18.3 Å². The first kappa shape index (κ1) is 43.2. The molecule has 0 aliphatic heterocycles. The summed E-state index contributed by atoms with van der Waals surface area (Å²) >= 11 is 0. The van der Waals surface area contributed by atoms with Gasteiger partial charge in [0.05, 0.1) is 34.8 Å². The zero-order chi connectivity index (χ0) is 43.6. The third-order valence-electron chi connectivity index (χ3n) is 8.33. The summed E-state index contributed by atoms with van der Waals surface area (Å²) in [6, 6.07) is 15.3. The van der Waals surface area contributed by atoms with Gasteiger partial charge in [0.15, 0.2) is 28.7 Å². The molecule has 0 amide bonds. The van der Waals surface area contributed by atoms with Gasteiger partial charge < -0.3 is 51.2 Å². The minimum absolute atomic E-state index is 0.0526. The number of hydrogen-bond donors (Lipinski definition) is 6. The maximum absolute atomic E-state index is 12.5. The van der Waals surface area contributed by atoms with Crippen LogP contribution >= 0.6 is 0 Å². The molecule has 314 valence electrons. The van der Waals surface area contributed by atoms with Crippen LogP contribution in [0.3, 0.4) is 0 Å². The number of allylic oxidation sites excluding steroid dienone is 1. The van der Waals surface area contributed by atoms with Crippen molar-refractivity contribution < 1.29 is 39.4 Å². The third-order valence-corrected chi connectivity index (χ3v) is 8.33. The summed E-state index contributed by atoms with van der Waals surface area (Å²) in [5.41, 5.74) is 21.9. The molecule has 0 aliphatic carbocycles. The molecule has 0 atom stereocenters. The summed E-state index contributed by atoms with van der Waals surface area (Å²) in [6.45, 7) is 2.34. The second kappa shape index (κ2) is 22.1. The van der Waals surface area contributed by atoms with Crippen LogP contribution in [0.2, 0.25) is 0 Å². The van der Waals surface area contributed by atoms with Gasteiger partial charge in [-0.15, -0.1) is 0 Å². The lowest BCUT2D eigenvalue weighted by Crippen LogP contribution is -2.18. The lowest BCUT2D eigenvalue weighted by atomic mass is 10.1. The van der Waals surface area contributed by atoms with Crippen molar-refractivity contribution in [3.63, 3.8) is 0 Å². The summed E-state index contributed by atoms with van der Waals surface area (Å²) in [5.74, 6) is -1.15. The molecule has 0 spiro atoms. The Bertz CT molecular complexity index is 2490. The second-order valence-corrected chi connectivity index (χ2v) is 12.4. The Kier molecular flexibility index (Phi) is 16.2. The van der Waals surface area contributed by atoms with E-state index in [9.17, 15) is 23.6 Å². The zero-order valence-electron chi connectivity index (χ0n) is 33.4. The molecule has 9 N–H and O–H groups in total. The lowest BCUT2D eigenvalue weighted by Gasteiger charge is -2.07. The first-order chi connectivity index (χ1) is 28.9. The predicted molar refractivity (Wildman–Crippen MR) is 216 cm³/mol. The number of halogens is 1. The van der Waals surface area contributed by atoms with Crippen LogP contribution in [0.4, 0.5) is 16.0 Å². The average molecular weight is 821 g/mol. The van der Waals surface area contributed by atoms with Crippen LogP contribution in [-0.4, -0.2) is 104 Å². The number of aromatic amines is 2. The number of aryl methyl sites for hydroxylation is 1. The summed E-state index contributed by atoms with van der Waals surface area (Å²) < 4.78 is 39.1. The van der Waals surface area contributed by atoms with E-state index in [0.717, 1.165) is 34.4 Å².